The second kappa shape index (κ2) is 3.85. The fourth-order valence-electron chi connectivity index (χ4n) is 2.07. The summed E-state index contributed by atoms with van der Waals surface area (Å²) < 4.78 is 15.1. The van der Waals surface area contributed by atoms with Crippen molar-refractivity contribution in [3.8, 4) is 0 Å². The van der Waals surface area contributed by atoms with E-state index in [0.717, 1.165) is 6.20 Å². The Balaban J connectivity index is 2.06. The van der Waals surface area contributed by atoms with Crippen molar-refractivity contribution in [1.82, 2.24) is 19.7 Å². The Kier molecular flexibility index (Phi) is 2.44. The van der Waals surface area contributed by atoms with Gasteiger partial charge < -0.3 is 5.11 Å². The molecule has 0 aliphatic carbocycles. The average Bonchev–Trinajstić information content (AvgIpc) is 2.79. The van der Waals surface area contributed by atoms with Crippen LogP contribution in [-0.4, -0.2) is 24.9 Å². The largest absolute Gasteiger partial charge is 0.385 e. The maximum Gasteiger partial charge on any atom is 0.217 e. The topological polar surface area (TPSA) is 63.8 Å². The molecule has 0 fully saturated rings. The Morgan fingerprint density at radius 1 is 1.47 bits per heavy atom. The highest BCUT2D eigenvalue weighted by atomic mass is 79.9. The summed E-state index contributed by atoms with van der Waals surface area (Å²) >= 11 is 3.16. The van der Waals surface area contributed by atoms with E-state index in [1.807, 2.05) is 0 Å². The number of rotatable bonds is 1. The number of fused-ring (bicyclic) bond motifs is 1. The highest BCUT2D eigenvalue weighted by Crippen LogP contribution is 2.37. The van der Waals surface area contributed by atoms with Crippen molar-refractivity contribution < 1.29 is 9.50 Å². The number of nitrogens with zero attached hydrogens (tertiary/aromatic N) is 4. The van der Waals surface area contributed by atoms with Crippen molar-refractivity contribution in [2.24, 2.45) is 0 Å². The van der Waals surface area contributed by atoms with Crippen LogP contribution >= 0.6 is 15.9 Å². The van der Waals surface area contributed by atoms with Crippen LogP contribution in [0, 0.1) is 5.82 Å². The molecule has 5 nitrogen and oxygen atoms in total. The lowest BCUT2D eigenvalue weighted by Crippen LogP contribution is -2.08. The Hall–Kier alpha value is -1.34. The van der Waals surface area contributed by atoms with Gasteiger partial charge in [-0.05, 0) is 27.6 Å². The molecule has 0 aromatic carbocycles. The van der Waals surface area contributed by atoms with Crippen molar-refractivity contribution >= 4 is 15.9 Å². The molecule has 0 radical (unpaired) electrons. The Morgan fingerprint density at radius 3 is 3.06 bits per heavy atom. The summed E-state index contributed by atoms with van der Waals surface area (Å²) in [5.74, 6) is 0.0933. The van der Waals surface area contributed by atoms with Gasteiger partial charge >= 0.3 is 0 Å². The van der Waals surface area contributed by atoms with E-state index in [2.05, 4.69) is 31.0 Å². The van der Waals surface area contributed by atoms with Crippen LogP contribution in [0.1, 0.15) is 30.0 Å². The predicted octanol–water partition coefficient (Wildman–Crippen LogP) is 1.60. The number of hydrogen-bond donors (Lipinski definition) is 1. The van der Waals surface area contributed by atoms with Crippen LogP contribution in [-0.2, 0) is 0 Å². The van der Waals surface area contributed by atoms with Gasteiger partial charge in [-0.25, -0.2) is 14.1 Å². The molecule has 2 atom stereocenters. The van der Waals surface area contributed by atoms with Gasteiger partial charge in [0.15, 0.2) is 5.82 Å². The van der Waals surface area contributed by atoms with E-state index in [1.54, 1.807) is 10.9 Å². The van der Waals surface area contributed by atoms with Crippen LogP contribution in [0.25, 0.3) is 0 Å². The maximum atomic E-state index is 13.1. The fraction of sp³-hybridized carbons (Fsp3) is 0.300. The van der Waals surface area contributed by atoms with Crippen molar-refractivity contribution in [3.05, 3.63) is 40.4 Å². The summed E-state index contributed by atoms with van der Waals surface area (Å²) in [4.78, 5) is 7.88. The van der Waals surface area contributed by atoms with E-state index in [9.17, 15) is 9.50 Å². The van der Waals surface area contributed by atoms with E-state index < -0.39 is 11.9 Å². The molecule has 0 saturated heterocycles. The first-order valence-corrected chi connectivity index (χ1v) is 5.85. The highest BCUT2D eigenvalue weighted by molar-refractivity contribution is 9.10. The van der Waals surface area contributed by atoms with Crippen LogP contribution in [0.5, 0.6) is 0 Å². The van der Waals surface area contributed by atoms with Crippen molar-refractivity contribution in [2.45, 2.75) is 18.6 Å². The van der Waals surface area contributed by atoms with E-state index in [4.69, 9.17) is 0 Å². The number of hydrogen-bond acceptors (Lipinski definition) is 4. The SMILES string of the molecule is O[C@@H]1C[C@@H](c2cncc(F)c2)n2nc(Br)nc21. The first kappa shape index (κ1) is 10.8. The molecular weight excluding hydrogens is 291 g/mol. The third-order valence-corrected chi connectivity index (χ3v) is 3.12. The molecular formula is C10H8BrFN4O. The first-order valence-electron chi connectivity index (χ1n) is 5.05. The van der Waals surface area contributed by atoms with Crippen LogP contribution in [0.3, 0.4) is 0 Å². The molecule has 17 heavy (non-hydrogen) atoms. The molecule has 0 saturated carbocycles. The minimum absolute atomic E-state index is 0.220. The third-order valence-electron chi connectivity index (χ3n) is 2.78. The van der Waals surface area contributed by atoms with Crippen LogP contribution in [0.4, 0.5) is 4.39 Å². The maximum absolute atomic E-state index is 13.1. The standard InChI is InChI=1S/C10H8BrFN4O/c11-10-14-9-8(17)2-7(16(9)15-10)5-1-6(12)4-13-3-5/h1,3-4,7-8,17H,2H2/t7-,8+/m0/s1. The molecule has 1 aliphatic rings. The Bertz CT molecular complexity index is 573. The molecule has 88 valence electrons. The summed E-state index contributed by atoms with van der Waals surface area (Å²) in [5, 5.41) is 14.0. The van der Waals surface area contributed by atoms with Gasteiger partial charge in [0.25, 0.3) is 0 Å². The monoisotopic (exact) mass is 298 g/mol. The molecule has 7 heteroatoms. The first-order chi connectivity index (χ1) is 8.15. The zero-order valence-electron chi connectivity index (χ0n) is 8.59. The molecule has 0 unspecified atom stereocenters. The van der Waals surface area contributed by atoms with Gasteiger partial charge in [-0.1, -0.05) is 0 Å². The van der Waals surface area contributed by atoms with E-state index >= 15 is 0 Å². The minimum Gasteiger partial charge on any atom is -0.385 e. The van der Waals surface area contributed by atoms with Gasteiger partial charge in [0.2, 0.25) is 4.73 Å². The molecule has 2 aromatic heterocycles. The normalized spacial score (nSPS) is 22.8. The van der Waals surface area contributed by atoms with Gasteiger partial charge in [-0.3, -0.25) is 4.98 Å². The summed E-state index contributed by atoms with van der Waals surface area (Å²) in [5.41, 5.74) is 0.681. The summed E-state index contributed by atoms with van der Waals surface area (Å²) in [6.45, 7) is 0. The smallest absolute Gasteiger partial charge is 0.217 e. The lowest BCUT2D eigenvalue weighted by molar-refractivity contribution is 0.172. The molecule has 1 N–H and O–H groups in total. The van der Waals surface area contributed by atoms with Gasteiger partial charge in [0.1, 0.15) is 11.9 Å². The van der Waals surface area contributed by atoms with E-state index in [0.29, 0.717) is 22.5 Å². The second-order valence-electron chi connectivity index (χ2n) is 3.89. The molecule has 1 aliphatic heterocycles. The van der Waals surface area contributed by atoms with Crippen LogP contribution in [0.15, 0.2) is 23.2 Å². The highest BCUT2D eigenvalue weighted by Gasteiger charge is 2.34. The van der Waals surface area contributed by atoms with E-state index in [1.165, 1.54) is 6.07 Å². The van der Waals surface area contributed by atoms with Gasteiger partial charge in [0, 0.05) is 12.6 Å². The molecule has 0 bridgehead atoms. The molecule has 0 amide bonds. The zero-order valence-corrected chi connectivity index (χ0v) is 10.2. The van der Waals surface area contributed by atoms with Crippen molar-refractivity contribution in [1.29, 1.82) is 0 Å². The minimum atomic E-state index is -0.679. The van der Waals surface area contributed by atoms with Gasteiger partial charge in [-0.15, -0.1) is 5.10 Å². The molecule has 3 rings (SSSR count). The molecule has 2 aromatic rings. The Morgan fingerprint density at radius 2 is 2.29 bits per heavy atom. The predicted molar refractivity (Wildman–Crippen MR) is 59.6 cm³/mol. The summed E-state index contributed by atoms with van der Waals surface area (Å²) in [6, 6.07) is 1.18. The number of aromatic nitrogens is 4. The van der Waals surface area contributed by atoms with Crippen molar-refractivity contribution in [3.63, 3.8) is 0 Å². The third kappa shape index (κ3) is 1.75. The van der Waals surface area contributed by atoms with Crippen LogP contribution < -0.4 is 0 Å². The van der Waals surface area contributed by atoms with Crippen LogP contribution in [0.2, 0.25) is 0 Å². The van der Waals surface area contributed by atoms with Crippen molar-refractivity contribution in [2.75, 3.05) is 0 Å². The number of aliphatic hydroxyl groups excluding tert-OH is 1. The molecule has 3 heterocycles. The van der Waals surface area contributed by atoms with E-state index in [-0.39, 0.29) is 6.04 Å². The quantitative estimate of drug-likeness (QED) is 0.869. The lowest BCUT2D eigenvalue weighted by atomic mass is 10.1. The molecule has 0 spiro atoms. The summed E-state index contributed by atoms with van der Waals surface area (Å²) in [6.07, 6.45) is 2.48. The summed E-state index contributed by atoms with van der Waals surface area (Å²) in [7, 11) is 0. The number of pyridine rings is 1. The Labute approximate surface area is 104 Å². The van der Waals surface area contributed by atoms with Gasteiger partial charge in [0.05, 0.1) is 12.2 Å². The number of halogens is 2. The lowest BCUT2D eigenvalue weighted by Gasteiger charge is -2.10. The second-order valence-corrected chi connectivity index (χ2v) is 4.60. The number of aliphatic hydroxyl groups is 1. The zero-order chi connectivity index (χ0) is 12.0. The average molecular weight is 299 g/mol. The fourth-order valence-corrected chi connectivity index (χ4v) is 2.42. The van der Waals surface area contributed by atoms with Gasteiger partial charge in [-0.2, -0.15) is 0 Å².